The molecule has 5 nitrogen and oxygen atoms in total. The van der Waals surface area contributed by atoms with Crippen LogP contribution < -0.4 is 9.47 Å². The lowest BCUT2D eigenvalue weighted by Gasteiger charge is -2.26. The molecule has 5 heteroatoms. The highest BCUT2D eigenvalue weighted by Crippen LogP contribution is 2.28. The van der Waals surface area contributed by atoms with Gasteiger partial charge in [0.1, 0.15) is 6.61 Å². The Kier molecular flexibility index (Phi) is 10.0. The Hall–Kier alpha value is -1.74. The number of nitrogens with zero attached hydrogens (tertiary/aromatic N) is 1. The number of ether oxygens (including phenoxy) is 3. The zero-order valence-electron chi connectivity index (χ0n) is 15.8. The molecule has 0 saturated carbocycles. The van der Waals surface area contributed by atoms with Crippen LogP contribution in [0.3, 0.4) is 0 Å². The maximum atomic E-state index is 10.2. The monoisotopic (exact) mass is 349 g/mol. The number of hydrogen-bond donors (Lipinski definition) is 1. The third-order valence-corrected chi connectivity index (χ3v) is 3.84. The molecule has 1 atom stereocenters. The van der Waals surface area contributed by atoms with Crippen LogP contribution in [0.4, 0.5) is 0 Å². The normalized spacial score (nSPS) is 12.2. The van der Waals surface area contributed by atoms with Crippen molar-refractivity contribution in [3.8, 4) is 23.8 Å². The Labute approximate surface area is 151 Å². The maximum absolute atomic E-state index is 10.2. The molecular weight excluding hydrogens is 318 g/mol. The molecule has 0 saturated heterocycles. The van der Waals surface area contributed by atoms with Gasteiger partial charge in [0.05, 0.1) is 26.9 Å². The lowest BCUT2D eigenvalue weighted by molar-refractivity contribution is 0.0252. The Morgan fingerprint density at radius 3 is 2.52 bits per heavy atom. The molecule has 1 aromatic carbocycles. The third kappa shape index (κ3) is 8.26. The zero-order valence-corrected chi connectivity index (χ0v) is 15.8. The van der Waals surface area contributed by atoms with Crippen molar-refractivity contribution in [3.05, 3.63) is 23.8 Å². The summed E-state index contributed by atoms with van der Waals surface area (Å²) >= 11 is 0. The average molecular weight is 349 g/mol. The highest BCUT2D eigenvalue weighted by molar-refractivity contribution is 5.42. The van der Waals surface area contributed by atoms with Gasteiger partial charge in [-0.25, -0.2) is 0 Å². The minimum Gasteiger partial charge on any atom is -0.493 e. The summed E-state index contributed by atoms with van der Waals surface area (Å²) in [5.74, 6) is 4.43. The molecule has 0 radical (unpaired) electrons. The van der Waals surface area contributed by atoms with Crippen LogP contribution in [0.5, 0.6) is 11.5 Å². The Morgan fingerprint density at radius 1 is 1.20 bits per heavy atom. The molecule has 0 heterocycles. The van der Waals surface area contributed by atoms with Crippen molar-refractivity contribution in [2.45, 2.75) is 32.9 Å². The van der Waals surface area contributed by atoms with E-state index in [1.165, 1.54) is 0 Å². The second-order valence-electron chi connectivity index (χ2n) is 6.48. The number of methoxy groups -OCH3 is 2. The van der Waals surface area contributed by atoms with Gasteiger partial charge in [-0.1, -0.05) is 25.8 Å². The summed E-state index contributed by atoms with van der Waals surface area (Å²) in [5.41, 5.74) is 1.11. The molecule has 0 amide bonds. The number of rotatable bonds is 12. The van der Waals surface area contributed by atoms with Crippen LogP contribution in [-0.2, 0) is 11.3 Å². The van der Waals surface area contributed by atoms with Crippen LogP contribution in [0.15, 0.2) is 18.2 Å². The summed E-state index contributed by atoms with van der Waals surface area (Å²) in [6, 6.07) is 5.90. The third-order valence-electron chi connectivity index (χ3n) is 3.84. The molecule has 1 N–H and O–H groups in total. The van der Waals surface area contributed by atoms with Gasteiger partial charge in [0.15, 0.2) is 11.5 Å². The summed E-state index contributed by atoms with van der Waals surface area (Å²) in [5, 5.41) is 10.2. The van der Waals surface area contributed by atoms with Crippen molar-refractivity contribution >= 4 is 0 Å². The van der Waals surface area contributed by atoms with E-state index in [-0.39, 0.29) is 13.2 Å². The van der Waals surface area contributed by atoms with Crippen LogP contribution in [-0.4, -0.2) is 56.6 Å². The first-order valence-electron chi connectivity index (χ1n) is 8.62. The second kappa shape index (κ2) is 11.8. The maximum Gasteiger partial charge on any atom is 0.161 e. The summed E-state index contributed by atoms with van der Waals surface area (Å²) in [6.07, 6.45) is 5.65. The fraction of sp³-hybridized carbons (Fsp3) is 0.600. The number of terminal acetylenes is 1. The van der Waals surface area contributed by atoms with Crippen molar-refractivity contribution in [1.29, 1.82) is 0 Å². The van der Waals surface area contributed by atoms with Crippen molar-refractivity contribution in [1.82, 2.24) is 4.90 Å². The molecule has 0 fully saturated rings. The van der Waals surface area contributed by atoms with E-state index in [9.17, 15) is 5.11 Å². The predicted molar refractivity (Wildman–Crippen MR) is 99.9 cm³/mol. The molecule has 25 heavy (non-hydrogen) atoms. The standard InChI is InChI=1S/C20H31NO4/c1-6-11-25-15-18(22)14-21(10-9-16(2)3)13-17-7-8-19(23-4)20(12-17)24-5/h1,7-8,12,16,18,22H,9-11,13-15H2,2-5H3. The largest absolute Gasteiger partial charge is 0.493 e. The summed E-state index contributed by atoms with van der Waals surface area (Å²) in [4.78, 5) is 2.23. The van der Waals surface area contributed by atoms with Crippen LogP contribution in [0, 0.1) is 18.3 Å². The molecule has 0 aliphatic heterocycles. The van der Waals surface area contributed by atoms with Crippen LogP contribution >= 0.6 is 0 Å². The minimum atomic E-state index is -0.569. The van der Waals surface area contributed by atoms with Gasteiger partial charge in [0.2, 0.25) is 0 Å². The molecule has 140 valence electrons. The molecular formula is C20H31NO4. The van der Waals surface area contributed by atoms with Crippen molar-refractivity contribution in [2.75, 3.05) is 40.5 Å². The van der Waals surface area contributed by atoms with E-state index in [1.807, 2.05) is 18.2 Å². The van der Waals surface area contributed by atoms with Gasteiger partial charge in [-0.3, -0.25) is 4.90 Å². The van der Waals surface area contributed by atoms with Gasteiger partial charge in [-0.15, -0.1) is 6.42 Å². The topological polar surface area (TPSA) is 51.2 Å². The minimum absolute atomic E-state index is 0.221. The summed E-state index contributed by atoms with van der Waals surface area (Å²) < 4.78 is 15.9. The van der Waals surface area contributed by atoms with Crippen molar-refractivity contribution in [2.24, 2.45) is 5.92 Å². The fourth-order valence-electron chi connectivity index (χ4n) is 2.52. The van der Waals surface area contributed by atoms with E-state index in [1.54, 1.807) is 14.2 Å². The first-order valence-corrected chi connectivity index (χ1v) is 8.62. The van der Waals surface area contributed by atoms with Gasteiger partial charge in [0, 0.05) is 13.1 Å². The quantitative estimate of drug-likeness (QED) is 0.464. The molecule has 0 bridgehead atoms. The highest BCUT2D eigenvalue weighted by Gasteiger charge is 2.14. The average Bonchev–Trinajstić information content (AvgIpc) is 2.59. The molecule has 1 unspecified atom stereocenters. The van der Waals surface area contributed by atoms with Gasteiger partial charge in [0.25, 0.3) is 0 Å². The second-order valence-corrected chi connectivity index (χ2v) is 6.48. The van der Waals surface area contributed by atoms with E-state index in [2.05, 4.69) is 24.7 Å². The van der Waals surface area contributed by atoms with Gasteiger partial charge in [-0.2, -0.15) is 0 Å². The summed E-state index contributed by atoms with van der Waals surface area (Å²) in [6.45, 7) is 7.01. The molecule has 0 aromatic heterocycles. The van der Waals surface area contributed by atoms with Crippen molar-refractivity contribution in [3.63, 3.8) is 0 Å². The molecule has 0 aliphatic rings. The Balaban J connectivity index is 2.73. The van der Waals surface area contributed by atoms with E-state index in [4.69, 9.17) is 20.6 Å². The Bertz CT molecular complexity index is 539. The smallest absolute Gasteiger partial charge is 0.161 e. The van der Waals surface area contributed by atoms with E-state index in [0.29, 0.717) is 24.0 Å². The predicted octanol–water partition coefficient (Wildman–Crippen LogP) is 2.56. The SMILES string of the molecule is C#CCOCC(O)CN(CCC(C)C)Cc1ccc(OC)c(OC)c1. The molecule has 1 rings (SSSR count). The van der Waals surface area contributed by atoms with Gasteiger partial charge >= 0.3 is 0 Å². The van der Waals surface area contributed by atoms with Crippen LogP contribution in [0.1, 0.15) is 25.8 Å². The highest BCUT2D eigenvalue weighted by atomic mass is 16.5. The van der Waals surface area contributed by atoms with E-state index in [0.717, 1.165) is 25.1 Å². The van der Waals surface area contributed by atoms with Gasteiger partial charge < -0.3 is 19.3 Å². The van der Waals surface area contributed by atoms with E-state index >= 15 is 0 Å². The number of benzene rings is 1. The molecule has 0 aliphatic carbocycles. The Morgan fingerprint density at radius 2 is 1.92 bits per heavy atom. The lowest BCUT2D eigenvalue weighted by atomic mass is 10.1. The number of aliphatic hydroxyl groups is 1. The molecule has 1 aromatic rings. The lowest BCUT2D eigenvalue weighted by Crippen LogP contribution is -2.35. The fourth-order valence-corrected chi connectivity index (χ4v) is 2.52. The first kappa shape index (κ1) is 21.3. The van der Waals surface area contributed by atoms with Crippen LogP contribution in [0.2, 0.25) is 0 Å². The first-order chi connectivity index (χ1) is 12.0. The zero-order chi connectivity index (χ0) is 18.7. The van der Waals surface area contributed by atoms with E-state index < -0.39 is 6.10 Å². The molecule has 0 spiro atoms. The van der Waals surface area contributed by atoms with Crippen molar-refractivity contribution < 1.29 is 19.3 Å². The van der Waals surface area contributed by atoms with Gasteiger partial charge in [-0.05, 0) is 36.6 Å². The number of hydrogen-bond acceptors (Lipinski definition) is 5. The number of aliphatic hydroxyl groups excluding tert-OH is 1. The summed E-state index contributed by atoms with van der Waals surface area (Å²) in [7, 11) is 3.25. The van der Waals surface area contributed by atoms with Crippen LogP contribution in [0.25, 0.3) is 0 Å².